The van der Waals surface area contributed by atoms with Gasteiger partial charge in [-0.1, -0.05) is 6.42 Å². The average molecular weight is 225 g/mol. The molecular formula is C13H27N3. The van der Waals surface area contributed by atoms with Gasteiger partial charge >= 0.3 is 0 Å². The molecule has 2 rings (SSSR count). The second-order valence-corrected chi connectivity index (χ2v) is 5.61. The van der Waals surface area contributed by atoms with E-state index in [1.54, 1.807) is 0 Å². The zero-order valence-electron chi connectivity index (χ0n) is 10.7. The fourth-order valence-corrected chi connectivity index (χ4v) is 3.16. The van der Waals surface area contributed by atoms with Gasteiger partial charge in [-0.15, -0.1) is 0 Å². The Bertz CT molecular complexity index is 191. The van der Waals surface area contributed by atoms with Crippen molar-refractivity contribution in [3.05, 3.63) is 0 Å². The fraction of sp³-hybridized carbons (Fsp3) is 1.00. The maximum atomic E-state index is 5.85. The molecule has 94 valence electrons. The van der Waals surface area contributed by atoms with Crippen LogP contribution in [0.15, 0.2) is 0 Å². The van der Waals surface area contributed by atoms with Gasteiger partial charge in [-0.25, -0.2) is 0 Å². The fourth-order valence-electron chi connectivity index (χ4n) is 3.16. The van der Waals surface area contributed by atoms with Crippen LogP contribution in [0, 0.1) is 0 Å². The van der Waals surface area contributed by atoms with Gasteiger partial charge < -0.3 is 15.5 Å². The van der Waals surface area contributed by atoms with Gasteiger partial charge in [-0.05, 0) is 58.8 Å². The van der Waals surface area contributed by atoms with Crippen LogP contribution in [0.5, 0.6) is 0 Å². The van der Waals surface area contributed by atoms with E-state index in [0.29, 0.717) is 6.04 Å². The van der Waals surface area contributed by atoms with Crippen LogP contribution < -0.4 is 5.73 Å². The summed E-state index contributed by atoms with van der Waals surface area (Å²) in [7, 11) is 0. The lowest BCUT2D eigenvalue weighted by Gasteiger charge is -2.40. The monoisotopic (exact) mass is 225 g/mol. The normalized spacial score (nSPS) is 28.1. The smallest absolute Gasteiger partial charge is 0.0139 e. The summed E-state index contributed by atoms with van der Waals surface area (Å²) >= 11 is 0. The molecule has 0 bridgehead atoms. The zero-order chi connectivity index (χ0) is 11.4. The maximum Gasteiger partial charge on any atom is 0.0139 e. The summed E-state index contributed by atoms with van der Waals surface area (Å²) in [5.41, 5.74) is 5.85. The molecule has 2 fully saturated rings. The van der Waals surface area contributed by atoms with E-state index in [1.165, 1.54) is 58.3 Å². The number of hydrogen-bond acceptors (Lipinski definition) is 3. The van der Waals surface area contributed by atoms with Crippen molar-refractivity contribution in [1.29, 1.82) is 0 Å². The predicted octanol–water partition coefficient (Wildman–Crippen LogP) is 1.28. The topological polar surface area (TPSA) is 32.5 Å². The van der Waals surface area contributed by atoms with Gasteiger partial charge in [-0.3, -0.25) is 0 Å². The Morgan fingerprint density at radius 3 is 2.25 bits per heavy atom. The lowest BCUT2D eigenvalue weighted by Crippen LogP contribution is -2.48. The summed E-state index contributed by atoms with van der Waals surface area (Å²) in [4.78, 5) is 5.26. The Balaban J connectivity index is 1.71. The van der Waals surface area contributed by atoms with Crippen LogP contribution in [0.3, 0.4) is 0 Å². The van der Waals surface area contributed by atoms with Gasteiger partial charge in [-0.2, -0.15) is 0 Å². The van der Waals surface area contributed by atoms with Crippen LogP contribution >= 0.6 is 0 Å². The first kappa shape index (κ1) is 12.3. The van der Waals surface area contributed by atoms with E-state index in [2.05, 4.69) is 16.7 Å². The highest BCUT2D eigenvalue weighted by atomic mass is 15.2. The first-order valence-corrected chi connectivity index (χ1v) is 6.97. The van der Waals surface area contributed by atoms with E-state index in [4.69, 9.17) is 5.73 Å². The Hall–Kier alpha value is -0.120. The van der Waals surface area contributed by atoms with E-state index in [9.17, 15) is 0 Å². The molecule has 3 heteroatoms. The Kier molecular flexibility index (Phi) is 4.62. The minimum atomic E-state index is 0.325. The minimum absolute atomic E-state index is 0.325. The lowest BCUT2D eigenvalue weighted by atomic mass is 10.00. The van der Waals surface area contributed by atoms with E-state index in [1.807, 2.05) is 0 Å². The Morgan fingerprint density at radius 1 is 1.06 bits per heavy atom. The van der Waals surface area contributed by atoms with Gasteiger partial charge in [0.25, 0.3) is 0 Å². The summed E-state index contributed by atoms with van der Waals surface area (Å²) in [6.07, 6.45) is 6.99. The number of likely N-dealkylation sites (tertiary alicyclic amines) is 2. The van der Waals surface area contributed by atoms with Crippen molar-refractivity contribution in [2.24, 2.45) is 5.73 Å². The second-order valence-electron chi connectivity index (χ2n) is 5.61. The highest BCUT2D eigenvalue weighted by molar-refractivity contribution is 4.82. The molecule has 0 amide bonds. The molecule has 1 atom stereocenters. The second kappa shape index (κ2) is 5.99. The number of hydrogen-bond donors (Lipinski definition) is 1. The molecule has 0 aliphatic carbocycles. The Labute approximate surface area is 100.0 Å². The van der Waals surface area contributed by atoms with Crippen LogP contribution in [0.4, 0.5) is 0 Å². The molecular weight excluding hydrogens is 198 g/mol. The van der Waals surface area contributed by atoms with E-state index in [0.717, 1.165) is 12.6 Å². The molecule has 0 saturated carbocycles. The van der Waals surface area contributed by atoms with Gasteiger partial charge in [0.15, 0.2) is 0 Å². The average Bonchev–Trinajstić information content (AvgIpc) is 2.30. The SMILES string of the molecule is C[C@@H](N)CN1CCC(N2CCCCC2)CC1. The molecule has 2 heterocycles. The van der Waals surface area contributed by atoms with Crippen molar-refractivity contribution < 1.29 is 0 Å². The van der Waals surface area contributed by atoms with E-state index < -0.39 is 0 Å². The number of nitrogens with two attached hydrogens (primary N) is 1. The largest absolute Gasteiger partial charge is 0.327 e. The van der Waals surface area contributed by atoms with Crippen LogP contribution in [0.1, 0.15) is 39.0 Å². The molecule has 2 aliphatic rings. The molecule has 2 saturated heterocycles. The first-order valence-electron chi connectivity index (χ1n) is 6.97. The van der Waals surface area contributed by atoms with Gasteiger partial charge in [0.1, 0.15) is 0 Å². The van der Waals surface area contributed by atoms with Crippen LogP contribution in [-0.4, -0.2) is 54.6 Å². The van der Waals surface area contributed by atoms with Crippen molar-refractivity contribution in [2.45, 2.75) is 51.1 Å². The maximum absolute atomic E-state index is 5.85. The molecule has 0 radical (unpaired) electrons. The summed E-state index contributed by atoms with van der Waals surface area (Å²) in [5, 5.41) is 0. The molecule has 0 aromatic heterocycles. The quantitative estimate of drug-likeness (QED) is 0.785. The molecule has 0 aromatic rings. The molecule has 3 nitrogen and oxygen atoms in total. The van der Waals surface area contributed by atoms with Crippen LogP contribution in [-0.2, 0) is 0 Å². The first-order chi connectivity index (χ1) is 7.75. The molecule has 0 aromatic carbocycles. The molecule has 0 spiro atoms. The summed E-state index contributed by atoms with van der Waals surface area (Å²) in [6.45, 7) is 8.38. The number of rotatable bonds is 3. The standard InChI is InChI=1S/C13H27N3/c1-12(14)11-15-9-5-13(6-10-15)16-7-3-2-4-8-16/h12-13H,2-11,14H2,1H3/t12-/m1/s1. The third kappa shape index (κ3) is 3.44. The van der Waals surface area contributed by atoms with Crippen molar-refractivity contribution in [1.82, 2.24) is 9.80 Å². The van der Waals surface area contributed by atoms with Gasteiger partial charge in [0, 0.05) is 18.6 Å². The van der Waals surface area contributed by atoms with Crippen molar-refractivity contribution in [3.63, 3.8) is 0 Å². The third-order valence-electron chi connectivity index (χ3n) is 4.01. The third-order valence-corrected chi connectivity index (χ3v) is 4.01. The van der Waals surface area contributed by atoms with Crippen LogP contribution in [0.2, 0.25) is 0 Å². The number of piperidine rings is 2. The van der Waals surface area contributed by atoms with Crippen LogP contribution in [0.25, 0.3) is 0 Å². The highest BCUT2D eigenvalue weighted by Crippen LogP contribution is 2.20. The summed E-state index contributed by atoms with van der Waals surface area (Å²) in [5.74, 6) is 0. The van der Waals surface area contributed by atoms with E-state index >= 15 is 0 Å². The Morgan fingerprint density at radius 2 is 1.69 bits per heavy atom. The zero-order valence-corrected chi connectivity index (χ0v) is 10.7. The molecule has 0 unspecified atom stereocenters. The number of nitrogens with zero attached hydrogens (tertiary/aromatic N) is 2. The summed E-state index contributed by atoms with van der Waals surface area (Å²) < 4.78 is 0. The van der Waals surface area contributed by atoms with Gasteiger partial charge in [0.05, 0.1) is 0 Å². The molecule has 16 heavy (non-hydrogen) atoms. The summed E-state index contributed by atoms with van der Waals surface area (Å²) in [6, 6.07) is 1.19. The van der Waals surface area contributed by atoms with Crippen molar-refractivity contribution in [3.8, 4) is 0 Å². The predicted molar refractivity (Wildman–Crippen MR) is 68.5 cm³/mol. The van der Waals surface area contributed by atoms with E-state index in [-0.39, 0.29) is 0 Å². The minimum Gasteiger partial charge on any atom is -0.327 e. The highest BCUT2D eigenvalue weighted by Gasteiger charge is 2.25. The van der Waals surface area contributed by atoms with Crippen molar-refractivity contribution >= 4 is 0 Å². The lowest BCUT2D eigenvalue weighted by molar-refractivity contribution is 0.0907. The molecule has 2 aliphatic heterocycles. The molecule has 2 N–H and O–H groups in total. The van der Waals surface area contributed by atoms with Crippen molar-refractivity contribution in [2.75, 3.05) is 32.7 Å². The van der Waals surface area contributed by atoms with Gasteiger partial charge in [0.2, 0.25) is 0 Å².